The van der Waals surface area contributed by atoms with Crippen LogP contribution in [0.15, 0.2) is 29.3 Å². The van der Waals surface area contributed by atoms with Crippen LogP contribution in [0.2, 0.25) is 0 Å². The third-order valence-corrected chi connectivity index (χ3v) is 6.93. The number of ether oxygens (including phenoxy) is 1. The van der Waals surface area contributed by atoms with E-state index in [4.69, 9.17) is 4.74 Å². The Morgan fingerprint density at radius 1 is 1.16 bits per heavy atom. The van der Waals surface area contributed by atoms with Crippen molar-refractivity contribution in [3.63, 3.8) is 0 Å². The molecule has 0 spiro atoms. The van der Waals surface area contributed by atoms with E-state index in [1.54, 1.807) is 27.0 Å². The number of amides is 1. The molecule has 1 aliphatic heterocycles. The van der Waals surface area contributed by atoms with Crippen molar-refractivity contribution in [1.82, 2.24) is 15.6 Å². The van der Waals surface area contributed by atoms with Crippen LogP contribution in [0.1, 0.15) is 27.0 Å². The van der Waals surface area contributed by atoms with Crippen LogP contribution in [0.3, 0.4) is 0 Å². The molecule has 0 bridgehead atoms. The molecule has 2 aromatic rings. The van der Waals surface area contributed by atoms with Gasteiger partial charge < -0.3 is 20.3 Å². The maximum absolute atomic E-state index is 13.2. The summed E-state index contributed by atoms with van der Waals surface area (Å²) in [6, 6.07) is 5.22. The van der Waals surface area contributed by atoms with Gasteiger partial charge in [0.05, 0.1) is 29.0 Å². The number of aryl methyl sites for hydroxylation is 3. The molecule has 10 heteroatoms. The lowest BCUT2D eigenvalue weighted by atomic mass is 10.1. The highest BCUT2D eigenvalue weighted by Crippen LogP contribution is 2.27. The first kappa shape index (κ1) is 24.0. The van der Waals surface area contributed by atoms with Crippen molar-refractivity contribution in [3.8, 4) is 0 Å². The van der Waals surface area contributed by atoms with Crippen molar-refractivity contribution in [1.29, 1.82) is 0 Å². The summed E-state index contributed by atoms with van der Waals surface area (Å²) in [4.78, 5) is 19.6. The summed E-state index contributed by atoms with van der Waals surface area (Å²) in [7, 11) is -2.30. The van der Waals surface area contributed by atoms with Gasteiger partial charge in [0.1, 0.15) is 5.82 Å². The quantitative estimate of drug-likeness (QED) is 0.512. The number of pyridine rings is 1. The monoisotopic (exact) mass is 461 g/mol. The summed E-state index contributed by atoms with van der Waals surface area (Å²) in [6.45, 7) is 9.17. The maximum Gasteiger partial charge on any atom is 0.262 e. The zero-order chi connectivity index (χ0) is 23.3. The highest BCUT2D eigenvalue weighted by atomic mass is 32.2. The summed E-state index contributed by atoms with van der Waals surface area (Å²) in [6.07, 6.45) is 1.46. The molecule has 32 heavy (non-hydrogen) atoms. The first-order chi connectivity index (χ1) is 15.2. The Morgan fingerprint density at radius 2 is 1.81 bits per heavy atom. The van der Waals surface area contributed by atoms with Crippen molar-refractivity contribution in [2.45, 2.75) is 25.7 Å². The molecule has 1 fully saturated rings. The molecule has 0 unspecified atom stereocenters. The average Bonchev–Trinajstić information content (AvgIpc) is 2.73. The van der Waals surface area contributed by atoms with E-state index < -0.39 is 10.0 Å². The van der Waals surface area contributed by atoms with E-state index in [0.29, 0.717) is 48.7 Å². The first-order valence-corrected chi connectivity index (χ1v) is 12.0. The molecular formula is C22H31N5O4S. The zero-order valence-electron chi connectivity index (χ0n) is 19.0. The molecule has 0 radical (unpaired) electrons. The SMILES string of the molecule is COCCNC(=O)c1cc(NS(=O)(=O)c2c(C)cc(C)cc2C)cnc1N1CCNCC1. The number of sulfonamides is 1. The number of anilines is 2. The van der Waals surface area contributed by atoms with Crippen LogP contribution >= 0.6 is 0 Å². The van der Waals surface area contributed by atoms with E-state index in [1.165, 1.54) is 6.20 Å². The molecule has 0 atom stereocenters. The molecule has 3 N–H and O–H groups in total. The number of aromatic nitrogens is 1. The third-order valence-electron chi connectivity index (χ3n) is 5.25. The second kappa shape index (κ2) is 10.3. The van der Waals surface area contributed by atoms with Gasteiger partial charge in [-0.25, -0.2) is 13.4 Å². The van der Waals surface area contributed by atoms with Gasteiger partial charge in [0.2, 0.25) is 0 Å². The topological polar surface area (TPSA) is 113 Å². The Hall–Kier alpha value is -2.69. The lowest BCUT2D eigenvalue weighted by molar-refractivity contribution is 0.0937. The Morgan fingerprint density at radius 3 is 2.44 bits per heavy atom. The molecule has 0 aliphatic carbocycles. The van der Waals surface area contributed by atoms with Gasteiger partial charge >= 0.3 is 0 Å². The van der Waals surface area contributed by atoms with E-state index >= 15 is 0 Å². The van der Waals surface area contributed by atoms with Crippen molar-refractivity contribution in [3.05, 3.63) is 46.6 Å². The van der Waals surface area contributed by atoms with E-state index in [1.807, 2.05) is 24.0 Å². The second-order valence-corrected chi connectivity index (χ2v) is 9.53. The molecule has 3 rings (SSSR count). The number of hydrogen-bond donors (Lipinski definition) is 3. The van der Waals surface area contributed by atoms with Crippen LogP contribution in [-0.4, -0.2) is 65.7 Å². The number of benzene rings is 1. The minimum Gasteiger partial charge on any atom is -0.383 e. The molecule has 2 heterocycles. The molecule has 0 saturated carbocycles. The zero-order valence-corrected chi connectivity index (χ0v) is 19.8. The van der Waals surface area contributed by atoms with Gasteiger partial charge in [-0.1, -0.05) is 17.7 Å². The summed E-state index contributed by atoms with van der Waals surface area (Å²) in [5.74, 6) is 0.207. The molecule has 1 saturated heterocycles. The summed E-state index contributed by atoms with van der Waals surface area (Å²) in [5.41, 5.74) is 2.88. The number of carbonyl (C=O) groups is 1. The standard InChI is InChI=1S/C22H31N5O4S/c1-15-11-16(2)20(17(3)12-15)32(29,30)26-18-13-19(22(28)24-7-10-31-4)21(25-14-18)27-8-5-23-6-9-27/h11-14,23,26H,5-10H2,1-4H3,(H,24,28). The van der Waals surface area contributed by atoms with Gasteiger partial charge in [-0.05, 0) is 38.0 Å². The Bertz CT molecular complexity index is 1060. The number of carbonyl (C=O) groups excluding carboxylic acids is 1. The normalized spacial score (nSPS) is 14.3. The van der Waals surface area contributed by atoms with Crippen molar-refractivity contribution < 1.29 is 17.9 Å². The number of methoxy groups -OCH3 is 1. The van der Waals surface area contributed by atoms with Crippen molar-refractivity contribution >= 4 is 27.4 Å². The van der Waals surface area contributed by atoms with Gasteiger partial charge in [-0.3, -0.25) is 9.52 Å². The summed E-state index contributed by atoms with van der Waals surface area (Å²) in [5, 5.41) is 6.07. The Kier molecular flexibility index (Phi) is 7.70. The summed E-state index contributed by atoms with van der Waals surface area (Å²) < 4.78 is 33.9. The fraction of sp³-hybridized carbons (Fsp3) is 0.455. The highest BCUT2D eigenvalue weighted by Gasteiger charge is 2.24. The highest BCUT2D eigenvalue weighted by molar-refractivity contribution is 7.92. The molecule has 9 nitrogen and oxygen atoms in total. The average molecular weight is 462 g/mol. The van der Waals surface area contributed by atoms with Crippen molar-refractivity contribution in [2.75, 3.05) is 56.1 Å². The van der Waals surface area contributed by atoms with Gasteiger partial charge in [0.25, 0.3) is 15.9 Å². The van der Waals surface area contributed by atoms with E-state index in [-0.39, 0.29) is 16.5 Å². The molecule has 1 aromatic carbocycles. The van der Waals surface area contributed by atoms with Gasteiger partial charge in [0, 0.05) is 39.8 Å². The fourth-order valence-corrected chi connectivity index (χ4v) is 5.46. The Labute approximate surface area is 189 Å². The molecular weight excluding hydrogens is 430 g/mol. The lowest BCUT2D eigenvalue weighted by Gasteiger charge is -2.30. The number of piperazine rings is 1. The van der Waals surface area contributed by atoms with E-state index in [0.717, 1.165) is 18.7 Å². The molecule has 1 amide bonds. The smallest absolute Gasteiger partial charge is 0.262 e. The van der Waals surface area contributed by atoms with Gasteiger partial charge in [0.15, 0.2) is 0 Å². The second-order valence-electron chi connectivity index (χ2n) is 7.91. The van der Waals surface area contributed by atoms with Crippen LogP contribution in [0, 0.1) is 20.8 Å². The molecule has 1 aliphatic rings. The number of hydrogen-bond acceptors (Lipinski definition) is 7. The number of rotatable bonds is 8. The predicted molar refractivity (Wildman–Crippen MR) is 125 cm³/mol. The lowest BCUT2D eigenvalue weighted by Crippen LogP contribution is -2.44. The maximum atomic E-state index is 13.2. The third kappa shape index (κ3) is 5.56. The van der Waals surface area contributed by atoms with Crippen molar-refractivity contribution in [2.24, 2.45) is 0 Å². The van der Waals surface area contributed by atoms with Crippen LogP contribution in [-0.2, 0) is 14.8 Å². The Balaban J connectivity index is 1.95. The van der Waals surface area contributed by atoms with Crippen LogP contribution in [0.5, 0.6) is 0 Å². The largest absolute Gasteiger partial charge is 0.383 e. The summed E-state index contributed by atoms with van der Waals surface area (Å²) >= 11 is 0. The van der Waals surface area contributed by atoms with Crippen LogP contribution < -0.4 is 20.3 Å². The number of nitrogens with zero attached hydrogens (tertiary/aromatic N) is 2. The minimum atomic E-state index is -3.86. The minimum absolute atomic E-state index is 0.236. The van der Waals surface area contributed by atoms with Gasteiger partial charge in [-0.2, -0.15) is 0 Å². The molecule has 174 valence electrons. The van der Waals surface area contributed by atoms with E-state index in [9.17, 15) is 13.2 Å². The van der Waals surface area contributed by atoms with Crippen LogP contribution in [0.25, 0.3) is 0 Å². The fourth-order valence-electron chi connectivity index (χ4n) is 3.97. The van der Waals surface area contributed by atoms with E-state index in [2.05, 4.69) is 20.3 Å². The number of nitrogens with one attached hydrogen (secondary N) is 3. The molecule has 1 aromatic heterocycles. The predicted octanol–water partition coefficient (Wildman–Crippen LogP) is 1.59. The van der Waals surface area contributed by atoms with Crippen LogP contribution in [0.4, 0.5) is 11.5 Å². The first-order valence-electron chi connectivity index (χ1n) is 10.6. The van der Waals surface area contributed by atoms with Gasteiger partial charge in [-0.15, -0.1) is 0 Å².